The molecule has 0 N–H and O–H groups in total. The number of allylic oxidation sites excluding steroid dienone is 2. The van der Waals surface area contributed by atoms with Crippen LogP contribution in [0.15, 0.2) is 12.2 Å². The zero-order valence-corrected chi connectivity index (χ0v) is 40.0. The van der Waals surface area contributed by atoms with Crippen LogP contribution in [0.4, 0.5) is 0 Å². The lowest BCUT2D eigenvalue weighted by atomic mass is 10.1. The van der Waals surface area contributed by atoms with E-state index in [0.29, 0.717) is 165 Å². The lowest BCUT2D eigenvalue weighted by Crippen LogP contribution is -2.29. The van der Waals surface area contributed by atoms with Gasteiger partial charge in [0.2, 0.25) is 0 Å². The molecule has 0 aromatic carbocycles. The van der Waals surface area contributed by atoms with E-state index in [9.17, 15) is 4.79 Å². The van der Waals surface area contributed by atoms with E-state index in [4.69, 9.17) is 71.1 Å². The van der Waals surface area contributed by atoms with Gasteiger partial charge in [0.05, 0.1) is 165 Å². The predicted molar refractivity (Wildman–Crippen MR) is 243 cm³/mol. The van der Waals surface area contributed by atoms with Crippen molar-refractivity contribution in [3.63, 3.8) is 0 Å². The Hall–Kier alpha value is -1.35. The minimum atomic E-state index is -0.421. The van der Waals surface area contributed by atoms with Crippen LogP contribution in [0, 0.1) is 0 Å². The molecule has 1 atom stereocenters. The van der Waals surface area contributed by atoms with E-state index in [0.717, 1.165) is 25.7 Å². The van der Waals surface area contributed by atoms with Gasteiger partial charge in [0.15, 0.2) is 0 Å². The maximum Gasteiger partial charge on any atom is 0.305 e. The second kappa shape index (κ2) is 56.8. The number of hydrogen-bond donors (Lipinski definition) is 0. The molecule has 0 saturated carbocycles. The molecule has 0 aliphatic rings. The Morgan fingerprint density at radius 3 is 1.06 bits per heavy atom. The van der Waals surface area contributed by atoms with Gasteiger partial charge in [-0.2, -0.15) is 0 Å². The molecule has 0 aromatic heterocycles. The van der Waals surface area contributed by atoms with Gasteiger partial charge in [0, 0.05) is 20.6 Å². The summed E-state index contributed by atoms with van der Waals surface area (Å²) in [5.41, 5.74) is 0. The van der Waals surface area contributed by atoms with Gasteiger partial charge in [0.25, 0.3) is 0 Å². The molecule has 63 heavy (non-hydrogen) atoms. The molecule has 0 fully saturated rings. The van der Waals surface area contributed by atoms with Crippen LogP contribution >= 0.6 is 0 Å². The number of methoxy groups -OCH3 is 2. The fourth-order valence-electron chi connectivity index (χ4n) is 5.60. The third-order valence-electron chi connectivity index (χ3n) is 9.17. The Kier molecular flexibility index (Phi) is 55.6. The fraction of sp³-hybridized carbons (Fsp3) is 0.936. The summed E-state index contributed by atoms with van der Waals surface area (Å²) in [7, 11) is 3.29. The summed E-state index contributed by atoms with van der Waals surface area (Å²) in [6.45, 7) is 14.2. The normalized spacial score (nSPS) is 12.2. The van der Waals surface area contributed by atoms with E-state index >= 15 is 0 Å². The first kappa shape index (κ1) is 61.7. The molecule has 0 aliphatic heterocycles. The molecule has 0 radical (unpaired) electrons. The Balaban J connectivity index is 4.10. The summed E-state index contributed by atoms with van der Waals surface area (Å²) >= 11 is 0. The summed E-state index contributed by atoms with van der Waals surface area (Å²) < 4.78 is 82.2. The van der Waals surface area contributed by atoms with Crippen molar-refractivity contribution in [3.05, 3.63) is 12.2 Å². The predicted octanol–water partition coefficient (Wildman–Crippen LogP) is 6.43. The summed E-state index contributed by atoms with van der Waals surface area (Å²) in [4.78, 5) is 12.5. The molecule has 1 unspecified atom stereocenters. The van der Waals surface area contributed by atoms with Crippen LogP contribution in [-0.2, 0) is 75.8 Å². The van der Waals surface area contributed by atoms with Gasteiger partial charge in [-0.25, -0.2) is 0 Å². The number of ether oxygens (including phenoxy) is 15. The van der Waals surface area contributed by atoms with Crippen LogP contribution in [0.1, 0.15) is 96.8 Å². The smallest absolute Gasteiger partial charge is 0.305 e. The van der Waals surface area contributed by atoms with E-state index in [1.807, 2.05) is 0 Å². The highest BCUT2D eigenvalue weighted by molar-refractivity contribution is 5.69. The molecular weight excluding hydrogens is 821 g/mol. The number of hydrogen-bond acceptors (Lipinski definition) is 16. The van der Waals surface area contributed by atoms with E-state index in [2.05, 4.69) is 19.1 Å². The van der Waals surface area contributed by atoms with Crippen LogP contribution in [0.25, 0.3) is 0 Å². The minimum absolute atomic E-state index is 0.117. The van der Waals surface area contributed by atoms with Crippen LogP contribution < -0.4 is 0 Å². The van der Waals surface area contributed by atoms with Crippen molar-refractivity contribution < 1.29 is 75.8 Å². The molecule has 0 bridgehead atoms. The second-order valence-electron chi connectivity index (χ2n) is 14.7. The monoisotopic (exact) mass is 913 g/mol. The Labute approximate surface area is 382 Å². The number of carbonyl (C=O) groups excluding carboxylic acids is 1. The minimum Gasteiger partial charge on any atom is -0.463 e. The number of carbonyl (C=O) groups is 1. The van der Waals surface area contributed by atoms with Crippen molar-refractivity contribution >= 4 is 5.97 Å². The van der Waals surface area contributed by atoms with E-state index in [-0.39, 0.29) is 19.2 Å². The van der Waals surface area contributed by atoms with Crippen LogP contribution in [0.3, 0.4) is 0 Å². The van der Waals surface area contributed by atoms with Gasteiger partial charge in [-0.1, -0.05) is 70.4 Å². The molecule has 16 nitrogen and oxygen atoms in total. The van der Waals surface area contributed by atoms with Gasteiger partial charge in [-0.15, -0.1) is 0 Å². The maximum absolute atomic E-state index is 12.5. The topological polar surface area (TPSA) is 156 Å². The lowest BCUT2D eigenvalue weighted by molar-refractivity contribution is -0.150. The van der Waals surface area contributed by atoms with Gasteiger partial charge >= 0.3 is 5.97 Å². The lowest BCUT2D eigenvalue weighted by Gasteiger charge is -2.18. The van der Waals surface area contributed by atoms with Crippen molar-refractivity contribution in [1.82, 2.24) is 0 Å². The van der Waals surface area contributed by atoms with Crippen LogP contribution in [0.5, 0.6) is 0 Å². The highest BCUT2D eigenvalue weighted by atomic mass is 16.6. The molecule has 0 amide bonds. The third-order valence-corrected chi connectivity index (χ3v) is 9.17. The van der Waals surface area contributed by atoms with Crippen LogP contribution in [-0.4, -0.2) is 198 Å². The van der Waals surface area contributed by atoms with Crippen molar-refractivity contribution in [2.45, 2.75) is 103 Å². The third kappa shape index (κ3) is 54.9. The largest absolute Gasteiger partial charge is 0.463 e. The summed E-state index contributed by atoms with van der Waals surface area (Å²) in [6, 6.07) is 0. The van der Waals surface area contributed by atoms with Crippen molar-refractivity contribution in [2.75, 3.05) is 186 Å². The van der Waals surface area contributed by atoms with Crippen molar-refractivity contribution in [2.24, 2.45) is 0 Å². The summed E-state index contributed by atoms with van der Waals surface area (Å²) in [6.07, 6.45) is 20.4. The highest BCUT2D eigenvalue weighted by Crippen LogP contribution is 2.11. The molecule has 0 heterocycles. The number of rotatable bonds is 56. The van der Waals surface area contributed by atoms with Gasteiger partial charge < -0.3 is 71.1 Å². The summed E-state index contributed by atoms with van der Waals surface area (Å²) in [5.74, 6) is -0.212. The molecule has 0 saturated heterocycles. The molecule has 0 spiro atoms. The zero-order chi connectivity index (χ0) is 45.5. The molecule has 376 valence electrons. The van der Waals surface area contributed by atoms with Crippen LogP contribution in [0.2, 0.25) is 0 Å². The standard InChI is InChI=1S/C47H92O16/c1-4-5-6-7-8-9-10-11-12-13-14-15-16-17-18-19-47(48)63-45-46(62-43-42-60-39-38-58-35-34-56-31-29-54-27-25-52-23-21-50-3)44-61-41-40-59-37-36-57-33-32-55-30-28-53-26-24-51-22-20-49-2/h11-12,46H,4-10,13-45H2,1-3H3. The number of unbranched alkanes of at least 4 members (excludes halogenated alkanes) is 11. The van der Waals surface area contributed by atoms with Gasteiger partial charge in [-0.3, -0.25) is 4.79 Å². The molecule has 0 aromatic rings. The summed E-state index contributed by atoms with van der Waals surface area (Å²) in [5, 5.41) is 0. The van der Waals surface area contributed by atoms with Gasteiger partial charge in [0.1, 0.15) is 12.7 Å². The second-order valence-corrected chi connectivity index (χ2v) is 14.7. The maximum atomic E-state index is 12.5. The highest BCUT2D eigenvalue weighted by Gasteiger charge is 2.14. The first-order valence-corrected chi connectivity index (χ1v) is 24.0. The average molecular weight is 913 g/mol. The Morgan fingerprint density at radius 2 is 0.683 bits per heavy atom. The average Bonchev–Trinajstić information content (AvgIpc) is 3.29. The molecular formula is C47H92O16. The molecule has 0 rings (SSSR count). The Bertz CT molecular complexity index is 886. The van der Waals surface area contributed by atoms with Crippen molar-refractivity contribution in [3.8, 4) is 0 Å². The SMILES string of the molecule is CCCCCCCCC=CCCCCCCCC(=O)OCC(COCCOCCOCCOCCOCCOCCOC)OCCOCCOCCOCCOCCOCCOC. The molecule has 16 heteroatoms. The fourth-order valence-corrected chi connectivity index (χ4v) is 5.60. The number of esters is 1. The quantitative estimate of drug-likeness (QED) is 0.0374. The van der Waals surface area contributed by atoms with E-state index < -0.39 is 6.10 Å². The van der Waals surface area contributed by atoms with Crippen molar-refractivity contribution in [1.29, 1.82) is 0 Å². The first-order chi connectivity index (χ1) is 31.2. The van der Waals surface area contributed by atoms with E-state index in [1.165, 1.54) is 57.8 Å². The first-order valence-electron chi connectivity index (χ1n) is 24.0. The van der Waals surface area contributed by atoms with E-state index in [1.54, 1.807) is 14.2 Å². The Morgan fingerprint density at radius 1 is 0.365 bits per heavy atom. The molecule has 0 aliphatic carbocycles. The zero-order valence-electron chi connectivity index (χ0n) is 40.0. The van der Waals surface area contributed by atoms with Gasteiger partial charge in [-0.05, 0) is 32.1 Å².